The van der Waals surface area contributed by atoms with Crippen LogP contribution in [0, 0.1) is 5.92 Å². The minimum Gasteiger partial charge on any atom is -0.365 e. The molecule has 0 bridgehead atoms. The van der Waals surface area contributed by atoms with Crippen molar-refractivity contribution >= 4 is 27.3 Å². The van der Waals surface area contributed by atoms with Crippen LogP contribution in [0.1, 0.15) is 26.7 Å². The van der Waals surface area contributed by atoms with Crippen LogP contribution in [-0.2, 0) is 14.6 Å². The van der Waals surface area contributed by atoms with E-state index in [2.05, 4.69) is 29.8 Å². The molecule has 3 rings (SSSR count). The van der Waals surface area contributed by atoms with Crippen LogP contribution in [0.2, 0.25) is 0 Å². The summed E-state index contributed by atoms with van der Waals surface area (Å²) in [6, 6.07) is 6.69. The molecule has 1 aromatic rings. The maximum absolute atomic E-state index is 12.2. The standard InChI is InChI=1S/C21H29N5O3S/c1-4-17-13(2)8-9-18(19(22)27)21(26-20(17)25-15-11-23-12-15)24-14-6-5-7-16(10-14)30(3,28)29/h5-7,9-10,13,15,23,25H,4,8,11-12H2,1-3H3,(H2,22,27)(H,24,26)/b18-9+,20-17-. The highest BCUT2D eigenvalue weighted by Gasteiger charge is 2.24. The maximum atomic E-state index is 12.2. The Balaban J connectivity index is 2.06. The lowest BCUT2D eigenvalue weighted by molar-refractivity contribution is -0.114. The summed E-state index contributed by atoms with van der Waals surface area (Å²) >= 11 is 0. The zero-order valence-electron chi connectivity index (χ0n) is 17.5. The minimum absolute atomic E-state index is 0.181. The number of aliphatic imine (C=N–C) groups is 1. The van der Waals surface area contributed by atoms with Gasteiger partial charge in [-0.2, -0.15) is 0 Å². The van der Waals surface area contributed by atoms with Crippen molar-refractivity contribution in [3.63, 3.8) is 0 Å². The fraction of sp³-hybridized carbons (Fsp3) is 0.429. The SMILES string of the molecule is CC/C1=C(NC2CNC2)/N=C(Nc2cccc(S(C)(=O)=O)c2)\C(C(N)=O)=C\CC1C. The Morgan fingerprint density at radius 1 is 1.33 bits per heavy atom. The molecule has 30 heavy (non-hydrogen) atoms. The molecule has 2 aliphatic rings. The summed E-state index contributed by atoms with van der Waals surface area (Å²) in [6.07, 6.45) is 4.43. The number of nitrogens with zero attached hydrogens (tertiary/aromatic N) is 1. The highest BCUT2D eigenvalue weighted by Crippen LogP contribution is 2.27. The van der Waals surface area contributed by atoms with E-state index in [1.807, 2.05) is 0 Å². The molecule has 1 atom stereocenters. The van der Waals surface area contributed by atoms with Gasteiger partial charge in [-0.3, -0.25) is 4.79 Å². The van der Waals surface area contributed by atoms with Crippen molar-refractivity contribution in [2.45, 2.75) is 37.6 Å². The molecule has 1 saturated heterocycles. The van der Waals surface area contributed by atoms with Gasteiger partial charge in [-0.1, -0.05) is 26.0 Å². The van der Waals surface area contributed by atoms with Crippen LogP contribution in [-0.4, -0.2) is 45.5 Å². The molecule has 0 spiro atoms. The third-order valence-corrected chi connectivity index (χ3v) is 6.46. The average molecular weight is 432 g/mol. The van der Waals surface area contributed by atoms with E-state index in [-0.39, 0.29) is 22.4 Å². The second-order valence-electron chi connectivity index (χ2n) is 7.73. The Labute approximate surface area is 177 Å². The van der Waals surface area contributed by atoms with Crippen molar-refractivity contribution in [1.82, 2.24) is 10.6 Å². The van der Waals surface area contributed by atoms with Crippen molar-refractivity contribution < 1.29 is 13.2 Å². The van der Waals surface area contributed by atoms with E-state index < -0.39 is 15.7 Å². The molecular formula is C21H29N5O3S. The van der Waals surface area contributed by atoms with Gasteiger partial charge in [0.1, 0.15) is 11.7 Å². The molecular weight excluding hydrogens is 402 g/mol. The summed E-state index contributed by atoms with van der Waals surface area (Å²) in [6.45, 7) is 5.90. The van der Waals surface area contributed by atoms with Gasteiger partial charge in [0.15, 0.2) is 9.84 Å². The van der Waals surface area contributed by atoms with Gasteiger partial charge >= 0.3 is 0 Å². The fourth-order valence-electron chi connectivity index (χ4n) is 3.49. The van der Waals surface area contributed by atoms with E-state index >= 15 is 0 Å². The number of rotatable bonds is 6. The molecule has 162 valence electrons. The van der Waals surface area contributed by atoms with Crippen molar-refractivity contribution in [3.8, 4) is 0 Å². The largest absolute Gasteiger partial charge is 0.365 e. The zero-order chi connectivity index (χ0) is 21.9. The van der Waals surface area contributed by atoms with Crippen molar-refractivity contribution in [1.29, 1.82) is 0 Å². The first-order valence-corrected chi connectivity index (χ1v) is 11.9. The topological polar surface area (TPSA) is 126 Å². The lowest BCUT2D eigenvalue weighted by atomic mass is 9.92. The lowest BCUT2D eigenvalue weighted by Crippen LogP contribution is -2.55. The van der Waals surface area contributed by atoms with Crippen LogP contribution < -0.4 is 21.7 Å². The number of hydrogen-bond acceptors (Lipinski definition) is 7. The summed E-state index contributed by atoms with van der Waals surface area (Å²) in [4.78, 5) is 17.1. The smallest absolute Gasteiger partial charge is 0.252 e. The fourth-order valence-corrected chi connectivity index (χ4v) is 4.16. The van der Waals surface area contributed by atoms with Gasteiger partial charge in [-0.25, -0.2) is 13.4 Å². The number of nitrogens with two attached hydrogens (primary N) is 1. The monoisotopic (exact) mass is 431 g/mol. The van der Waals surface area contributed by atoms with E-state index in [1.165, 1.54) is 17.7 Å². The predicted molar refractivity (Wildman–Crippen MR) is 119 cm³/mol. The summed E-state index contributed by atoms with van der Waals surface area (Å²) in [5.41, 5.74) is 7.63. The van der Waals surface area contributed by atoms with Crippen molar-refractivity contribution in [3.05, 3.63) is 47.3 Å². The molecule has 0 radical (unpaired) electrons. The van der Waals surface area contributed by atoms with E-state index in [4.69, 9.17) is 10.7 Å². The predicted octanol–water partition coefficient (Wildman–Crippen LogP) is 1.53. The molecule has 1 unspecified atom stereocenters. The Bertz CT molecular complexity index is 1020. The Kier molecular flexibility index (Phi) is 6.62. The Hall–Kier alpha value is -2.65. The first-order chi connectivity index (χ1) is 14.2. The van der Waals surface area contributed by atoms with Crippen LogP contribution in [0.5, 0.6) is 0 Å². The number of sulfone groups is 1. The van der Waals surface area contributed by atoms with Crippen LogP contribution >= 0.6 is 0 Å². The third kappa shape index (κ3) is 5.09. The average Bonchev–Trinajstić information content (AvgIpc) is 2.63. The molecule has 2 aliphatic heterocycles. The highest BCUT2D eigenvalue weighted by molar-refractivity contribution is 7.90. The number of carbonyl (C=O) groups is 1. The van der Waals surface area contributed by atoms with Crippen molar-refractivity contribution in [2.24, 2.45) is 16.6 Å². The molecule has 1 amide bonds. The van der Waals surface area contributed by atoms with Gasteiger partial charge in [0.05, 0.1) is 16.5 Å². The molecule has 2 heterocycles. The van der Waals surface area contributed by atoms with Gasteiger partial charge in [0.2, 0.25) is 0 Å². The lowest BCUT2D eigenvalue weighted by Gasteiger charge is -2.31. The summed E-state index contributed by atoms with van der Waals surface area (Å²) in [5.74, 6) is 0.668. The molecule has 8 nitrogen and oxygen atoms in total. The van der Waals surface area contributed by atoms with E-state index in [9.17, 15) is 13.2 Å². The van der Waals surface area contributed by atoms with Crippen LogP contribution in [0.3, 0.4) is 0 Å². The number of amides is 1. The number of anilines is 1. The second-order valence-corrected chi connectivity index (χ2v) is 9.75. The van der Waals surface area contributed by atoms with Gasteiger partial charge in [-0.05, 0) is 42.5 Å². The number of benzene rings is 1. The van der Waals surface area contributed by atoms with Gasteiger partial charge in [0, 0.05) is 25.0 Å². The summed E-state index contributed by atoms with van der Waals surface area (Å²) < 4.78 is 23.8. The van der Waals surface area contributed by atoms with Gasteiger partial charge < -0.3 is 21.7 Å². The first kappa shape index (κ1) is 22.0. The first-order valence-electron chi connectivity index (χ1n) is 10.1. The van der Waals surface area contributed by atoms with Crippen LogP contribution in [0.15, 0.2) is 57.2 Å². The molecule has 9 heteroatoms. The number of nitrogens with one attached hydrogen (secondary N) is 3. The van der Waals surface area contributed by atoms with Crippen LogP contribution in [0.4, 0.5) is 5.69 Å². The summed E-state index contributed by atoms with van der Waals surface area (Å²) in [7, 11) is -3.37. The van der Waals surface area contributed by atoms with Gasteiger partial charge in [0.25, 0.3) is 5.91 Å². The molecule has 1 fully saturated rings. The zero-order valence-corrected chi connectivity index (χ0v) is 18.3. The van der Waals surface area contributed by atoms with Crippen molar-refractivity contribution in [2.75, 3.05) is 24.7 Å². The molecule has 5 N–H and O–H groups in total. The summed E-state index contributed by atoms with van der Waals surface area (Å²) in [5, 5.41) is 9.83. The Morgan fingerprint density at radius 3 is 2.63 bits per heavy atom. The second kappa shape index (κ2) is 9.01. The number of allylic oxidation sites excluding steroid dienone is 2. The van der Waals surface area contributed by atoms with Crippen LogP contribution in [0.25, 0.3) is 0 Å². The number of primary amides is 1. The Morgan fingerprint density at radius 2 is 2.07 bits per heavy atom. The van der Waals surface area contributed by atoms with E-state index in [1.54, 1.807) is 18.2 Å². The molecule has 0 aliphatic carbocycles. The molecule has 1 aromatic carbocycles. The number of amidine groups is 1. The third-order valence-electron chi connectivity index (χ3n) is 5.35. The quantitative estimate of drug-likeness (QED) is 0.541. The molecule has 0 saturated carbocycles. The van der Waals surface area contributed by atoms with Gasteiger partial charge in [-0.15, -0.1) is 0 Å². The van der Waals surface area contributed by atoms with E-state index in [0.29, 0.717) is 17.9 Å². The highest BCUT2D eigenvalue weighted by atomic mass is 32.2. The van der Waals surface area contributed by atoms with E-state index in [0.717, 1.165) is 31.6 Å². The number of carbonyl (C=O) groups excluding carboxylic acids is 1. The maximum Gasteiger partial charge on any atom is 0.252 e. The normalized spacial score (nSPS) is 26.3. The molecule has 0 aromatic heterocycles. The number of hydrogen-bond donors (Lipinski definition) is 4. The minimum atomic E-state index is -3.37.